The second-order valence-electron chi connectivity index (χ2n) is 3.07. The molecule has 8 heteroatoms. The molecule has 0 unspecified atom stereocenters. The molecule has 0 aliphatic rings. The zero-order valence-electron chi connectivity index (χ0n) is 8.85. The molecule has 0 aliphatic carbocycles. The van der Waals surface area contributed by atoms with E-state index in [-0.39, 0.29) is 24.3 Å². The van der Waals surface area contributed by atoms with E-state index in [1.807, 2.05) is 0 Å². The fraction of sp³-hybridized carbons (Fsp3) is 0.333. The van der Waals surface area contributed by atoms with Gasteiger partial charge in [0.25, 0.3) is 0 Å². The summed E-state index contributed by atoms with van der Waals surface area (Å²) in [6.07, 6.45) is 2.56. The molecule has 0 bridgehead atoms. The molecule has 1 aromatic heterocycles. The predicted octanol–water partition coefficient (Wildman–Crippen LogP) is 1.47. The maximum absolute atomic E-state index is 11.8. The Balaban J connectivity index is 2.61. The van der Waals surface area contributed by atoms with Gasteiger partial charge in [-0.15, -0.1) is 0 Å². The van der Waals surface area contributed by atoms with Crippen LogP contribution in [0, 0.1) is 10.1 Å². The fourth-order valence-electron chi connectivity index (χ4n) is 1.07. The van der Waals surface area contributed by atoms with Gasteiger partial charge < -0.3 is 10.6 Å². The Hall–Kier alpha value is -2.25. The van der Waals surface area contributed by atoms with Crippen molar-refractivity contribution in [1.29, 1.82) is 0 Å². The third-order valence-corrected chi connectivity index (χ3v) is 1.84. The molecule has 7 nitrogen and oxygen atoms in total. The number of hydrogen-bond donors (Lipinski definition) is 2. The SMILES string of the molecule is O=C(NCCCF)Nc1ccncc1[N+](=O)[O-]. The van der Waals surface area contributed by atoms with E-state index in [0.29, 0.717) is 0 Å². The first kappa shape index (κ1) is 12.8. The number of hydrogen-bond acceptors (Lipinski definition) is 4. The molecule has 17 heavy (non-hydrogen) atoms. The number of urea groups is 1. The van der Waals surface area contributed by atoms with Gasteiger partial charge in [0.2, 0.25) is 0 Å². The summed E-state index contributed by atoms with van der Waals surface area (Å²) < 4.78 is 11.8. The summed E-state index contributed by atoms with van der Waals surface area (Å²) in [5.41, 5.74) is -0.254. The van der Waals surface area contributed by atoms with Crippen molar-refractivity contribution in [2.24, 2.45) is 0 Å². The third-order valence-electron chi connectivity index (χ3n) is 1.84. The van der Waals surface area contributed by atoms with Crippen molar-refractivity contribution in [2.75, 3.05) is 18.5 Å². The van der Waals surface area contributed by atoms with Crippen LogP contribution in [-0.4, -0.2) is 29.2 Å². The van der Waals surface area contributed by atoms with Crippen molar-refractivity contribution in [3.8, 4) is 0 Å². The molecule has 0 aromatic carbocycles. The van der Waals surface area contributed by atoms with Crippen LogP contribution in [0.2, 0.25) is 0 Å². The molecule has 0 spiro atoms. The number of anilines is 1. The topological polar surface area (TPSA) is 97.2 Å². The van der Waals surface area contributed by atoms with E-state index in [0.717, 1.165) is 6.20 Å². The van der Waals surface area contributed by atoms with Crippen LogP contribution in [0.25, 0.3) is 0 Å². The average Bonchev–Trinajstić information content (AvgIpc) is 2.29. The van der Waals surface area contributed by atoms with E-state index < -0.39 is 17.6 Å². The molecule has 0 saturated carbocycles. The number of nitrogens with zero attached hydrogens (tertiary/aromatic N) is 2. The average molecular weight is 242 g/mol. The van der Waals surface area contributed by atoms with Crippen molar-refractivity contribution in [1.82, 2.24) is 10.3 Å². The zero-order valence-corrected chi connectivity index (χ0v) is 8.85. The van der Waals surface area contributed by atoms with Gasteiger partial charge in [-0.1, -0.05) is 0 Å². The minimum Gasteiger partial charge on any atom is -0.338 e. The van der Waals surface area contributed by atoms with Gasteiger partial charge in [-0.25, -0.2) is 4.79 Å². The number of rotatable bonds is 5. The molecule has 1 rings (SSSR count). The minimum absolute atomic E-state index is 0.0442. The highest BCUT2D eigenvalue weighted by molar-refractivity contribution is 5.91. The maximum atomic E-state index is 11.8. The van der Waals surface area contributed by atoms with Crippen LogP contribution in [0.3, 0.4) is 0 Å². The van der Waals surface area contributed by atoms with Crippen molar-refractivity contribution in [3.63, 3.8) is 0 Å². The molecule has 2 N–H and O–H groups in total. The Kier molecular flexibility index (Phi) is 4.79. The normalized spacial score (nSPS) is 9.71. The van der Waals surface area contributed by atoms with Gasteiger partial charge in [0.15, 0.2) is 0 Å². The van der Waals surface area contributed by atoms with Gasteiger partial charge in [-0.05, 0) is 12.5 Å². The van der Waals surface area contributed by atoms with Crippen LogP contribution < -0.4 is 10.6 Å². The van der Waals surface area contributed by atoms with E-state index in [1.165, 1.54) is 12.3 Å². The Labute approximate surface area is 96.2 Å². The van der Waals surface area contributed by atoms with Gasteiger partial charge in [0.05, 0.1) is 11.6 Å². The van der Waals surface area contributed by atoms with Crippen molar-refractivity contribution in [2.45, 2.75) is 6.42 Å². The molecule has 1 aromatic rings. The number of amides is 2. The number of nitro groups is 1. The summed E-state index contributed by atoms with van der Waals surface area (Å²) in [4.78, 5) is 24.8. The first-order valence-corrected chi connectivity index (χ1v) is 4.84. The van der Waals surface area contributed by atoms with Gasteiger partial charge in [0.1, 0.15) is 11.9 Å². The van der Waals surface area contributed by atoms with E-state index in [9.17, 15) is 19.3 Å². The summed E-state index contributed by atoms with van der Waals surface area (Å²) in [7, 11) is 0. The standard InChI is InChI=1S/C9H11FN4O3/c10-3-1-4-12-9(15)13-7-2-5-11-6-8(7)14(16)17/h2,5-6H,1,3-4H2,(H2,11,12,13,15). The number of carbonyl (C=O) groups excluding carboxylic acids is 1. The zero-order chi connectivity index (χ0) is 12.7. The fourth-order valence-corrected chi connectivity index (χ4v) is 1.07. The van der Waals surface area contributed by atoms with E-state index in [4.69, 9.17) is 0 Å². The van der Waals surface area contributed by atoms with Gasteiger partial charge >= 0.3 is 11.7 Å². The van der Waals surface area contributed by atoms with E-state index in [2.05, 4.69) is 15.6 Å². The molecular weight excluding hydrogens is 231 g/mol. The third kappa shape index (κ3) is 4.01. The maximum Gasteiger partial charge on any atom is 0.319 e. The number of alkyl halides is 1. The first-order chi connectivity index (χ1) is 8.15. The van der Waals surface area contributed by atoms with Crippen LogP contribution in [0.15, 0.2) is 18.5 Å². The van der Waals surface area contributed by atoms with Gasteiger partial charge in [-0.2, -0.15) is 0 Å². The minimum atomic E-state index is -0.649. The molecule has 0 atom stereocenters. The highest BCUT2D eigenvalue weighted by Crippen LogP contribution is 2.21. The van der Waals surface area contributed by atoms with Gasteiger partial charge in [-0.3, -0.25) is 19.5 Å². The second kappa shape index (κ2) is 6.36. The van der Waals surface area contributed by atoms with Crippen LogP contribution in [0.5, 0.6) is 0 Å². The lowest BCUT2D eigenvalue weighted by Gasteiger charge is -2.06. The van der Waals surface area contributed by atoms with E-state index in [1.54, 1.807) is 0 Å². The number of carbonyl (C=O) groups is 1. The summed E-state index contributed by atoms with van der Waals surface area (Å²) in [6, 6.07) is 0.695. The quantitative estimate of drug-likeness (QED) is 0.464. The van der Waals surface area contributed by atoms with E-state index >= 15 is 0 Å². The first-order valence-electron chi connectivity index (χ1n) is 4.84. The molecule has 2 amide bonds. The summed E-state index contributed by atoms with van der Waals surface area (Å²) in [5, 5.41) is 15.3. The largest absolute Gasteiger partial charge is 0.338 e. The lowest BCUT2D eigenvalue weighted by atomic mass is 10.3. The summed E-state index contributed by atoms with van der Waals surface area (Å²) in [6.45, 7) is -0.364. The highest BCUT2D eigenvalue weighted by atomic mass is 19.1. The van der Waals surface area contributed by atoms with Gasteiger partial charge in [0, 0.05) is 12.7 Å². The number of halogens is 1. The second-order valence-corrected chi connectivity index (χ2v) is 3.07. The number of nitrogens with one attached hydrogen (secondary N) is 2. The highest BCUT2D eigenvalue weighted by Gasteiger charge is 2.14. The monoisotopic (exact) mass is 242 g/mol. The number of aromatic nitrogens is 1. The Morgan fingerprint density at radius 3 is 3.00 bits per heavy atom. The molecular formula is C9H11FN4O3. The summed E-state index contributed by atoms with van der Waals surface area (Å²) in [5.74, 6) is 0. The Bertz CT molecular complexity index is 413. The van der Waals surface area contributed by atoms with Crippen LogP contribution in [0.4, 0.5) is 20.6 Å². The van der Waals surface area contributed by atoms with Crippen molar-refractivity contribution >= 4 is 17.4 Å². The molecule has 0 saturated heterocycles. The smallest absolute Gasteiger partial charge is 0.319 e. The molecule has 0 aliphatic heterocycles. The Morgan fingerprint density at radius 1 is 1.59 bits per heavy atom. The van der Waals surface area contributed by atoms with Crippen LogP contribution in [-0.2, 0) is 0 Å². The molecule has 0 fully saturated rings. The molecule has 0 radical (unpaired) electrons. The Morgan fingerprint density at radius 2 is 2.35 bits per heavy atom. The van der Waals surface area contributed by atoms with Crippen LogP contribution in [0.1, 0.15) is 6.42 Å². The van der Waals surface area contributed by atoms with Crippen LogP contribution >= 0.6 is 0 Å². The molecule has 1 heterocycles. The van der Waals surface area contributed by atoms with Crippen molar-refractivity contribution in [3.05, 3.63) is 28.6 Å². The number of pyridine rings is 1. The van der Waals surface area contributed by atoms with Crippen molar-refractivity contribution < 1.29 is 14.1 Å². The predicted molar refractivity (Wildman–Crippen MR) is 58.5 cm³/mol. The summed E-state index contributed by atoms with van der Waals surface area (Å²) >= 11 is 0. The molecule has 92 valence electrons. The lowest BCUT2D eigenvalue weighted by molar-refractivity contribution is -0.384. The lowest BCUT2D eigenvalue weighted by Crippen LogP contribution is -2.30.